The van der Waals surface area contributed by atoms with E-state index in [1.807, 2.05) is 18.5 Å². The van der Waals surface area contributed by atoms with Crippen molar-refractivity contribution in [3.63, 3.8) is 0 Å². The fraction of sp³-hybridized carbons (Fsp3) is 0.167. The zero-order valence-electron chi connectivity index (χ0n) is 9.67. The number of fused-ring (bicyclic) bond motifs is 1. The number of rotatable bonds is 2. The van der Waals surface area contributed by atoms with Crippen LogP contribution in [0.4, 0.5) is 0 Å². The molecule has 3 rings (SSSR count). The van der Waals surface area contributed by atoms with Gasteiger partial charge in [-0.3, -0.25) is 9.67 Å². The Bertz CT molecular complexity index is 683. The highest BCUT2D eigenvalue weighted by Gasteiger charge is 2.17. The molecule has 2 N–H and O–H groups in total. The van der Waals surface area contributed by atoms with Crippen molar-refractivity contribution in [2.24, 2.45) is 12.8 Å². The lowest BCUT2D eigenvalue weighted by atomic mass is 10.1. The topological polar surface area (TPSA) is 56.7 Å². The Morgan fingerprint density at radius 3 is 3.00 bits per heavy atom. The molecule has 0 aliphatic heterocycles. The standard InChI is InChI=1S/C12H11ClN4S/c1-17-12(8(13)6-16-17)11(14)7-4-10-9(15-5-7)2-3-18-10/h2-6,11H,14H2,1H3. The fourth-order valence-electron chi connectivity index (χ4n) is 1.96. The third kappa shape index (κ3) is 1.80. The van der Waals surface area contributed by atoms with Crippen LogP contribution in [-0.2, 0) is 7.05 Å². The van der Waals surface area contributed by atoms with Crippen LogP contribution in [0.15, 0.2) is 29.9 Å². The van der Waals surface area contributed by atoms with Gasteiger partial charge >= 0.3 is 0 Å². The third-order valence-electron chi connectivity index (χ3n) is 2.92. The smallest absolute Gasteiger partial charge is 0.0837 e. The van der Waals surface area contributed by atoms with E-state index in [0.717, 1.165) is 21.5 Å². The summed E-state index contributed by atoms with van der Waals surface area (Å²) in [6.45, 7) is 0. The molecule has 6 heteroatoms. The molecule has 1 unspecified atom stereocenters. The molecule has 92 valence electrons. The second-order valence-electron chi connectivity index (χ2n) is 4.05. The van der Waals surface area contributed by atoms with Crippen molar-refractivity contribution in [1.29, 1.82) is 0 Å². The Morgan fingerprint density at radius 1 is 1.44 bits per heavy atom. The van der Waals surface area contributed by atoms with E-state index in [4.69, 9.17) is 17.3 Å². The summed E-state index contributed by atoms with van der Waals surface area (Å²) < 4.78 is 2.83. The first-order valence-electron chi connectivity index (χ1n) is 5.43. The van der Waals surface area contributed by atoms with Crippen LogP contribution in [0.3, 0.4) is 0 Å². The van der Waals surface area contributed by atoms with Gasteiger partial charge in [0, 0.05) is 13.2 Å². The molecular formula is C12H11ClN4S. The van der Waals surface area contributed by atoms with Gasteiger partial charge < -0.3 is 5.73 Å². The van der Waals surface area contributed by atoms with Gasteiger partial charge in [0.1, 0.15) is 0 Å². The maximum atomic E-state index is 6.24. The molecule has 0 spiro atoms. The van der Waals surface area contributed by atoms with E-state index in [9.17, 15) is 0 Å². The zero-order chi connectivity index (χ0) is 12.7. The summed E-state index contributed by atoms with van der Waals surface area (Å²) in [5.41, 5.74) is 8.97. The van der Waals surface area contributed by atoms with Gasteiger partial charge in [-0.1, -0.05) is 11.6 Å². The quantitative estimate of drug-likeness (QED) is 0.784. The summed E-state index contributed by atoms with van der Waals surface area (Å²) in [6.07, 6.45) is 3.40. The lowest BCUT2D eigenvalue weighted by Gasteiger charge is -2.13. The van der Waals surface area contributed by atoms with Crippen molar-refractivity contribution in [2.45, 2.75) is 6.04 Å². The average molecular weight is 279 g/mol. The molecule has 0 amide bonds. The molecule has 3 heterocycles. The molecule has 0 aliphatic carbocycles. The summed E-state index contributed by atoms with van der Waals surface area (Å²) in [5, 5.41) is 6.70. The maximum absolute atomic E-state index is 6.24. The monoisotopic (exact) mass is 278 g/mol. The first-order chi connectivity index (χ1) is 8.66. The number of aryl methyl sites for hydroxylation is 1. The highest BCUT2D eigenvalue weighted by atomic mass is 35.5. The first-order valence-corrected chi connectivity index (χ1v) is 6.68. The Hall–Kier alpha value is -1.43. The molecule has 18 heavy (non-hydrogen) atoms. The molecule has 0 radical (unpaired) electrons. The molecule has 4 nitrogen and oxygen atoms in total. The van der Waals surface area contributed by atoms with Crippen LogP contribution < -0.4 is 5.73 Å². The molecule has 0 saturated heterocycles. The number of nitrogens with zero attached hydrogens (tertiary/aromatic N) is 3. The van der Waals surface area contributed by atoms with Crippen molar-refractivity contribution in [1.82, 2.24) is 14.8 Å². The highest BCUT2D eigenvalue weighted by molar-refractivity contribution is 7.17. The second kappa shape index (κ2) is 4.35. The van der Waals surface area contributed by atoms with E-state index in [1.54, 1.807) is 28.4 Å². The van der Waals surface area contributed by atoms with Crippen molar-refractivity contribution < 1.29 is 0 Å². The number of pyridine rings is 1. The van der Waals surface area contributed by atoms with Gasteiger partial charge in [0.15, 0.2) is 0 Å². The van der Waals surface area contributed by atoms with Crippen molar-refractivity contribution in [3.8, 4) is 0 Å². The molecule has 0 bridgehead atoms. The van der Waals surface area contributed by atoms with E-state index in [-0.39, 0.29) is 6.04 Å². The summed E-state index contributed by atoms with van der Waals surface area (Å²) >= 11 is 7.76. The van der Waals surface area contributed by atoms with E-state index in [0.29, 0.717) is 5.02 Å². The van der Waals surface area contributed by atoms with Gasteiger partial charge in [0.2, 0.25) is 0 Å². The van der Waals surface area contributed by atoms with Gasteiger partial charge in [-0.15, -0.1) is 11.3 Å². The largest absolute Gasteiger partial charge is 0.319 e. The number of halogens is 1. The molecule has 1 atom stereocenters. The molecule has 0 aliphatic rings. The summed E-state index contributed by atoms with van der Waals surface area (Å²) in [4.78, 5) is 4.39. The van der Waals surface area contributed by atoms with Crippen LogP contribution in [0, 0.1) is 0 Å². The van der Waals surface area contributed by atoms with Crippen molar-refractivity contribution in [3.05, 3.63) is 46.2 Å². The minimum Gasteiger partial charge on any atom is -0.319 e. The molecular weight excluding hydrogens is 268 g/mol. The van der Waals surface area contributed by atoms with E-state index >= 15 is 0 Å². The third-order valence-corrected chi connectivity index (χ3v) is 4.06. The SMILES string of the molecule is Cn1ncc(Cl)c1C(N)c1cnc2ccsc2c1. The molecule has 0 aromatic carbocycles. The second-order valence-corrected chi connectivity index (χ2v) is 5.41. The predicted molar refractivity (Wildman–Crippen MR) is 73.9 cm³/mol. The molecule has 3 aromatic heterocycles. The average Bonchev–Trinajstić information content (AvgIpc) is 2.94. The highest BCUT2D eigenvalue weighted by Crippen LogP contribution is 2.28. The first kappa shape index (κ1) is 11.6. The Balaban J connectivity index is 2.08. The summed E-state index contributed by atoms with van der Waals surface area (Å²) in [6, 6.07) is 3.73. The van der Waals surface area contributed by atoms with E-state index < -0.39 is 0 Å². The maximum Gasteiger partial charge on any atom is 0.0837 e. The van der Waals surface area contributed by atoms with Crippen molar-refractivity contribution in [2.75, 3.05) is 0 Å². The lowest BCUT2D eigenvalue weighted by Crippen LogP contribution is -2.16. The number of nitrogens with two attached hydrogens (primary N) is 1. The van der Waals surface area contributed by atoms with Crippen molar-refractivity contribution >= 4 is 33.2 Å². The predicted octanol–water partition coefficient (Wildman–Crippen LogP) is 2.73. The normalized spacial score (nSPS) is 13.1. The van der Waals surface area contributed by atoms with Crippen LogP contribution in [-0.4, -0.2) is 14.8 Å². The van der Waals surface area contributed by atoms with Gasteiger partial charge in [-0.25, -0.2) is 0 Å². The Kier molecular flexibility index (Phi) is 2.81. The minimum atomic E-state index is -0.316. The number of hydrogen-bond donors (Lipinski definition) is 1. The molecule has 3 aromatic rings. The zero-order valence-corrected chi connectivity index (χ0v) is 11.2. The Morgan fingerprint density at radius 2 is 2.28 bits per heavy atom. The number of aromatic nitrogens is 3. The van der Waals surface area contributed by atoms with Gasteiger partial charge in [0.25, 0.3) is 0 Å². The lowest BCUT2D eigenvalue weighted by molar-refractivity contribution is 0.673. The van der Waals surface area contributed by atoms with Gasteiger partial charge in [-0.2, -0.15) is 5.10 Å². The van der Waals surface area contributed by atoms with Gasteiger partial charge in [-0.05, 0) is 23.1 Å². The van der Waals surface area contributed by atoms with E-state index in [2.05, 4.69) is 16.1 Å². The van der Waals surface area contributed by atoms with E-state index in [1.165, 1.54) is 0 Å². The number of thiophene rings is 1. The molecule has 0 fully saturated rings. The fourth-order valence-corrected chi connectivity index (χ4v) is 3.03. The van der Waals surface area contributed by atoms with Crippen LogP contribution in [0.2, 0.25) is 5.02 Å². The van der Waals surface area contributed by atoms with Crippen LogP contribution in [0.25, 0.3) is 10.2 Å². The minimum absolute atomic E-state index is 0.316. The number of hydrogen-bond acceptors (Lipinski definition) is 4. The van der Waals surface area contributed by atoms with Gasteiger partial charge in [0.05, 0.1) is 33.2 Å². The van der Waals surface area contributed by atoms with Crippen LogP contribution in [0.1, 0.15) is 17.3 Å². The van der Waals surface area contributed by atoms with Crippen LogP contribution in [0.5, 0.6) is 0 Å². The Labute approximate surface area is 113 Å². The summed E-state index contributed by atoms with van der Waals surface area (Å²) in [5.74, 6) is 0. The van der Waals surface area contributed by atoms with Crippen LogP contribution >= 0.6 is 22.9 Å². The molecule has 0 saturated carbocycles. The summed E-state index contributed by atoms with van der Waals surface area (Å²) in [7, 11) is 1.83.